The molecule has 1 fully saturated rings. The third kappa shape index (κ3) is 3.10. The minimum atomic E-state index is -0.381. The topological polar surface area (TPSA) is 58.6 Å². The normalized spacial score (nSPS) is 18.9. The molecule has 1 aliphatic heterocycles. The summed E-state index contributed by atoms with van der Waals surface area (Å²) in [6.45, 7) is 2.57. The van der Waals surface area contributed by atoms with Gasteiger partial charge in [0.05, 0.1) is 13.7 Å². The lowest BCUT2D eigenvalue weighted by Crippen LogP contribution is -2.58. The Balaban J connectivity index is 2.02. The SMILES string of the molecule is CCC1NC(=O)CN(CCc2ccccc2OC)C1=O. The van der Waals surface area contributed by atoms with Crippen LogP contribution >= 0.6 is 0 Å². The molecule has 20 heavy (non-hydrogen) atoms. The van der Waals surface area contributed by atoms with Crippen LogP contribution in [0.5, 0.6) is 5.75 Å². The molecular weight excluding hydrogens is 256 g/mol. The zero-order chi connectivity index (χ0) is 14.5. The van der Waals surface area contributed by atoms with E-state index in [1.54, 1.807) is 12.0 Å². The number of piperazine rings is 1. The van der Waals surface area contributed by atoms with Crippen LogP contribution in [0.2, 0.25) is 0 Å². The number of hydrogen-bond donors (Lipinski definition) is 1. The number of nitrogens with zero attached hydrogens (tertiary/aromatic N) is 1. The number of benzene rings is 1. The number of carbonyl (C=O) groups is 2. The fourth-order valence-corrected chi connectivity index (χ4v) is 2.40. The summed E-state index contributed by atoms with van der Waals surface area (Å²) >= 11 is 0. The Hall–Kier alpha value is -2.04. The Kier molecular flexibility index (Phi) is 4.61. The van der Waals surface area contributed by atoms with Gasteiger partial charge in [-0.25, -0.2) is 0 Å². The molecule has 5 nitrogen and oxygen atoms in total. The fraction of sp³-hybridized carbons (Fsp3) is 0.467. The zero-order valence-electron chi connectivity index (χ0n) is 11.9. The maximum atomic E-state index is 12.2. The van der Waals surface area contributed by atoms with Crippen LogP contribution in [0.15, 0.2) is 24.3 Å². The predicted molar refractivity (Wildman–Crippen MR) is 75.5 cm³/mol. The Morgan fingerprint density at radius 1 is 1.35 bits per heavy atom. The summed E-state index contributed by atoms with van der Waals surface area (Å²) in [4.78, 5) is 25.4. The van der Waals surface area contributed by atoms with Crippen molar-refractivity contribution in [3.8, 4) is 5.75 Å². The van der Waals surface area contributed by atoms with E-state index >= 15 is 0 Å². The van der Waals surface area contributed by atoms with Crippen LogP contribution in [0.3, 0.4) is 0 Å². The maximum absolute atomic E-state index is 12.2. The van der Waals surface area contributed by atoms with Crippen molar-refractivity contribution in [3.63, 3.8) is 0 Å². The second kappa shape index (κ2) is 6.41. The summed E-state index contributed by atoms with van der Waals surface area (Å²) in [5.74, 6) is 0.729. The fourth-order valence-electron chi connectivity index (χ4n) is 2.40. The second-order valence-corrected chi connectivity index (χ2v) is 4.85. The quantitative estimate of drug-likeness (QED) is 0.872. The zero-order valence-corrected chi connectivity index (χ0v) is 11.9. The number of amides is 2. The van der Waals surface area contributed by atoms with Crippen molar-refractivity contribution in [2.24, 2.45) is 0 Å². The molecule has 1 unspecified atom stereocenters. The Morgan fingerprint density at radius 2 is 2.10 bits per heavy atom. The minimum Gasteiger partial charge on any atom is -0.496 e. The predicted octanol–water partition coefficient (Wildman–Crippen LogP) is 0.975. The Bertz CT molecular complexity index is 502. The van der Waals surface area contributed by atoms with E-state index in [9.17, 15) is 9.59 Å². The van der Waals surface area contributed by atoms with Crippen molar-refractivity contribution in [2.45, 2.75) is 25.8 Å². The van der Waals surface area contributed by atoms with Crippen molar-refractivity contribution in [3.05, 3.63) is 29.8 Å². The van der Waals surface area contributed by atoms with Gasteiger partial charge in [0.15, 0.2) is 0 Å². The van der Waals surface area contributed by atoms with Gasteiger partial charge in [-0.05, 0) is 24.5 Å². The van der Waals surface area contributed by atoms with Crippen LogP contribution in [0.4, 0.5) is 0 Å². The third-order valence-electron chi connectivity index (χ3n) is 3.53. The molecule has 1 atom stereocenters. The minimum absolute atomic E-state index is 0.00185. The summed E-state index contributed by atoms with van der Waals surface area (Å²) < 4.78 is 5.29. The first-order valence-electron chi connectivity index (χ1n) is 6.85. The molecule has 0 aromatic heterocycles. The van der Waals surface area contributed by atoms with E-state index in [0.717, 1.165) is 11.3 Å². The summed E-state index contributed by atoms with van der Waals surface area (Å²) in [5.41, 5.74) is 1.04. The van der Waals surface area contributed by atoms with Crippen LogP contribution < -0.4 is 10.1 Å². The number of carbonyl (C=O) groups excluding carboxylic acids is 2. The van der Waals surface area contributed by atoms with Gasteiger partial charge >= 0.3 is 0 Å². The number of hydrogen-bond acceptors (Lipinski definition) is 3. The van der Waals surface area contributed by atoms with E-state index in [-0.39, 0.29) is 24.4 Å². The molecule has 0 saturated carbocycles. The molecule has 2 rings (SSSR count). The van der Waals surface area contributed by atoms with Gasteiger partial charge in [-0.3, -0.25) is 9.59 Å². The summed E-state index contributed by atoms with van der Waals surface area (Å²) in [6, 6.07) is 7.35. The van der Waals surface area contributed by atoms with E-state index in [2.05, 4.69) is 5.32 Å². The molecular formula is C15H20N2O3. The Labute approximate surface area is 118 Å². The largest absolute Gasteiger partial charge is 0.496 e. The van der Waals surface area contributed by atoms with Crippen molar-refractivity contribution >= 4 is 11.8 Å². The lowest BCUT2D eigenvalue weighted by Gasteiger charge is -2.32. The van der Waals surface area contributed by atoms with E-state index in [4.69, 9.17) is 4.74 Å². The molecule has 1 N–H and O–H groups in total. The van der Waals surface area contributed by atoms with Crippen LogP contribution in [0.25, 0.3) is 0 Å². The highest BCUT2D eigenvalue weighted by molar-refractivity contribution is 5.94. The van der Waals surface area contributed by atoms with E-state index < -0.39 is 0 Å². The van der Waals surface area contributed by atoms with Gasteiger partial charge in [0.1, 0.15) is 11.8 Å². The molecule has 0 bridgehead atoms. The van der Waals surface area contributed by atoms with Gasteiger partial charge in [-0.1, -0.05) is 25.1 Å². The highest BCUT2D eigenvalue weighted by Crippen LogP contribution is 2.18. The standard InChI is InChI=1S/C15H20N2O3/c1-3-12-15(19)17(10-14(18)16-12)9-8-11-6-4-5-7-13(11)20-2/h4-7,12H,3,8-10H2,1-2H3,(H,16,18). The van der Waals surface area contributed by atoms with Gasteiger partial charge in [-0.2, -0.15) is 0 Å². The first-order valence-corrected chi connectivity index (χ1v) is 6.85. The summed E-state index contributed by atoms with van der Waals surface area (Å²) in [5, 5.41) is 2.71. The lowest BCUT2D eigenvalue weighted by atomic mass is 10.1. The second-order valence-electron chi connectivity index (χ2n) is 4.85. The van der Waals surface area contributed by atoms with Crippen LogP contribution in [-0.4, -0.2) is 43.0 Å². The smallest absolute Gasteiger partial charge is 0.245 e. The molecule has 0 spiro atoms. The summed E-state index contributed by atoms with van der Waals surface area (Å²) in [6.07, 6.45) is 1.30. The van der Waals surface area contributed by atoms with E-state index in [1.165, 1.54) is 0 Å². The molecule has 1 aliphatic rings. The number of nitrogens with one attached hydrogen (secondary N) is 1. The number of para-hydroxylation sites is 1. The third-order valence-corrected chi connectivity index (χ3v) is 3.53. The number of ether oxygens (including phenoxy) is 1. The van der Waals surface area contributed by atoms with Gasteiger partial charge in [0, 0.05) is 6.54 Å². The van der Waals surface area contributed by atoms with Crippen LogP contribution in [-0.2, 0) is 16.0 Å². The lowest BCUT2D eigenvalue weighted by molar-refractivity contribution is -0.144. The van der Waals surface area contributed by atoms with Gasteiger partial charge < -0.3 is 15.0 Å². The van der Waals surface area contributed by atoms with Crippen molar-refractivity contribution in [1.29, 1.82) is 0 Å². The van der Waals surface area contributed by atoms with Crippen molar-refractivity contribution < 1.29 is 14.3 Å². The molecule has 1 aromatic rings. The highest BCUT2D eigenvalue weighted by atomic mass is 16.5. The van der Waals surface area contributed by atoms with Crippen LogP contribution in [0.1, 0.15) is 18.9 Å². The van der Waals surface area contributed by atoms with Crippen molar-refractivity contribution in [1.82, 2.24) is 10.2 Å². The van der Waals surface area contributed by atoms with Crippen molar-refractivity contribution in [2.75, 3.05) is 20.2 Å². The molecule has 1 aromatic carbocycles. The highest BCUT2D eigenvalue weighted by Gasteiger charge is 2.30. The molecule has 5 heteroatoms. The molecule has 108 valence electrons. The number of methoxy groups -OCH3 is 1. The Morgan fingerprint density at radius 3 is 2.80 bits per heavy atom. The first-order chi connectivity index (χ1) is 9.65. The average molecular weight is 276 g/mol. The molecule has 0 radical (unpaired) electrons. The van der Waals surface area contributed by atoms with Crippen LogP contribution in [0, 0.1) is 0 Å². The number of rotatable bonds is 5. The molecule has 2 amide bonds. The average Bonchev–Trinajstić information content (AvgIpc) is 2.48. The molecule has 1 saturated heterocycles. The van der Waals surface area contributed by atoms with E-state index in [1.807, 2.05) is 31.2 Å². The first kappa shape index (κ1) is 14.4. The van der Waals surface area contributed by atoms with Gasteiger partial charge in [0.25, 0.3) is 0 Å². The molecule has 0 aliphatic carbocycles. The van der Waals surface area contributed by atoms with E-state index in [0.29, 0.717) is 19.4 Å². The molecule has 1 heterocycles. The van der Waals surface area contributed by atoms with Gasteiger partial charge in [-0.15, -0.1) is 0 Å². The summed E-state index contributed by atoms with van der Waals surface area (Å²) in [7, 11) is 1.63. The maximum Gasteiger partial charge on any atom is 0.245 e. The monoisotopic (exact) mass is 276 g/mol. The van der Waals surface area contributed by atoms with Gasteiger partial charge in [0.2, 0.25) is 11.8 Å².